The Morgan fingerprint density at radius 1 is 1.44 bits per heavy atom. The van der Waals surface area contributed by atoms with Crippen molar-refractivity contribution in [3.05, 3.63) is 34.3 Å². The van der Waals surface area contributed by atoms with E-state index in [0.29, 0.717) is 6.42 Å². The number of carbonyl (C=O) groups is 1. The van der Waals surface area contributed by atoms with Crippen LogP contribution in [0.3, 0.4) is 0 Å². The van der Waals surface area contributed by atoms with Gasteiger partial charge in [-0.3, -0.25) is 4.79 Å². The number of aliphatic hydroxyl groups is 1. The van der Waals surface area contributed by atoms with Gasteiger partial charge in [0.2, 0.25) is 0 Å². The number of rotatable bonds is 4. The molecule has 18 heavy (non-hydrogen) atoms. The van der Waals surface area contributed by atoms with Gasteiger partial charge < -0.3 is 10.2 Å². The zero-order valence-electron chi connectivity index (χ0n) is 10.1. The molecule has 0 amide bonds. The second-order valence-corrected chi connectivity index (χ2v) is 5.86. The lowest BCUT2D eigenvalue weighted by molar-refractivity contribution is -0.145. The van der Waals surface area contributed by atoms with Gasteiger partial charge in [0.25, 0.3) is 0 Å². The molecule has 1 aromatic rings. The van der Waals surface area contributed by atoms with Crippen molar-refractivity contribution in [3.8, 4) is 0 Å². The first-order valence-corrected chi connectivity index (χ1v) is 7.02. The van der Waals surface area contributed by atoms with Crippen molar-refractivity contribution in [2.24, 2.45) is 11.8 Å². The van der Waals surface area contributed by atoms with Crippen LogP contribution in [0.25, 0.3) is 0 Å². The van der Waals surface area contributed by atoms with Crippen LogP contribution in [-0.4, -0.2) is 22.3 Å². The summed E-state index contributed by atoms with van der Waals surface area (Å²) in [5, 5.41) is 19.2. The largest absolute Gasteiger partial charge is 0.481 e. The average molecular weight is 313 g/mol. The van der Waals surface area contributed by atoms with Crippen molar-refractivity contribution >= 4 is 21.9 Å². The van der Waals surface area contributed by atoms with E-state index < -0.39 is 18.0 Å². The average Bonchev–Trinajstić information content (AvgIpc) is 2.72. The van der Waals surface area contributed by atoms with E-state index in [1.807, 2.05) is 24.3 Å². The smallest absolute Gasteiger partial charge is 0.307 e. The summed E-state index contributed by atoms with van der Waals surface area (Å²) in [7, 11) is 0. The molecule has 0 aliphatic heterocycles. The van der Waals surface area contributed by atoms with E-state index in [1.54, 1.807) is 0 Å². The maximum atomic E-state index is 11.4. The van der Waals surface area contributed by atoms with E-state index in [9.17, 15) is 15.0 Å². The summed E-state index contributed by atoms with van der Waals surface area (Å²) in [6, 6.07) is 7.70. The van der Waals surface area contributed by atoms with Gasteiger partial charge in [0.1, 0.15) is 0 Å². The Kier molecular flexibility index (Phi) is 4.40. The van der Waals surface area contributed by atoms with Gasteiger partial charge in [-0.15, -0.1) is 0 Å². The van der Waals surface area contributed by atoms with Crippen LogP contribution in [0.15, 0.2) is 28.7 Å². The van der Waals surface area contributed by atoms with Crippen LogP contribution in [0.2, 0.25) is 0 Å². The number of benzene rings is 1. The molecule has 3 unspecified atom stereocenters. The van der Waals surface area contributed by atoms with Gasteiger partial charge in [-0.1, -0.05) is 34.5 Å². The van der Waals surface area contributed by atoms with Crippen LogP contribution in [0, 0.1) is 11.8 Å². The van der Waals surface area contributed by atoms with E-state index in [1.165, 1.54) is 0 Å². The Labute approximate surface area is 115 Å². The first-order chi connectivity index (χ1) is 8.58. The van der Waals surface area contributed by atoms with Gasteiger partial charge in [-0.25, -0.2) is 0 Å². The Morgan fingerprint density at radius 2 is 2.22 bits per heavy atom. The molecule has 4 heteroatoms. The van der Waals surface area contributed by atoms with Crippen molar-refractivity contribution < 1.29 is 15.0 Å². The predicted octanol–water partition coefficient (Wildman–Crippen LogP) is 2.85. The number of aliphatic hydroxyl groups excluding tert-OH is 1. The van der Waals surface area contributed by atoms with Crippen LogP contribution in [0.4, 0.5) is 0 Å². The van der Waals surface area contributed by atoms with Gasteiger partial charge in [-0.2, -0.15) is 0 Å². The second kappa shape index (κ2) is 5.85. The van der Waals surface area contributed by atoms with Crippen LogP contribution < -0.4 is 0 Å². The normalized spacial score (nSPS) is 25.0. The van der Waals surface area contributed by atoms with Gasteiger partial charge in [0.15, 0.2) is 0 Å². The van der Waals surface area contributed by atoms with E-state index >= 15 is 0 Å². The number of hydrogen-bond acceptors (Lipinski definition) is 2. The molecular formula is C14H17BrO3. The molecule has 1 aromatic carbocycles. The zero-order chi connectivity index (χ0) is 13.1. The molecule has 98 valence electrons. The molecule has 0 radical (unpaired) electrons. The quantitative estimate of drug-likeness (QED) is 0.898. The van der Waals surface area contributed by atoms with E-state index in [4.69, 9.17) is 0 Å². The summed E-state index contributed by atoms with van der Waals surface area (Å²) in [6.45, 7) is 0. The lowest BCUT2D eigenvalue weighted by Crippen LogP contribution is -2.30. The first-order valence-electron chi connectivity index (χ1n) is 6.23. The third-order valence-corrected chi connectivity index (χ3v) is 4.20. The second-order valence-electron chi connectivity index (χ2n) is 4.94. The molecule has 0 heterocycles. The van der Waals surface area contributed by atoms with Crippen LogP contribution >= 0.6 is 15.9 Å². The topological polar surface area (TPSA) is 57.5 Å². The minimum absolute atomic E-state index is 0.110. The lowest BCUT2D eigenvalue weighted by Gasteiger charge is -2.22. The molecule has 1 saturated carbocycles. The molecule has 0 spiro atoms. The SMILES string of the molecule is O=C(O)C(Cc1cccc(Br)c1)C1CCCC1O. The van der Waals surface area contributed by atoms with Crippen molar-refractivity contribution in [3.63, 3.8) is 0 Å². The Balaban J connectivity index is 2.14. The summed E-state index contributed by atoms with van der Waals surface area (Å²) in [5.74, 6) is -1.40. The molecule has 0 saturated heterocycles. The molecule has 1 fully saturated rings. The van der Waals surface area contributed by atoms with Gasteiger partial charge in [0.05, 0.1) is 12.0 Å². The maximum Gasteiger partial charge on any atom is 0.307 e. The Bertz CT molecular complexity index is 433. The summed E-state index contributed by atoms with van der Waals surface area (Å²) in [6.07, 6.45) is 2.49. The molecule has 3 atom stereocenters. The standard InChI is InChI=1S/C14H17BrO3/c15-10-4-1-3-9(7-10)8-12(14(17)18)11-5-2-6-13(11)16/h1,3-4,7,11-13,16H,2,5-6,8H2,(H,17,18). The molecule has 3 nitrogen and oxygen atoms in total. The summed E-state index contributed by atoms with van der Waals surface area (Å²) in [4.78, 5) is 11.4. The minimum atomic E-state index is -0.805. The molecule has 2 rings (SSSR count). The van der Waals surface area contributed by atoms with E-state index in [2.05, 4.69) is 15.9 Å². The molecular weight excluding hydrogens is 296 g/mol. The summed E-state index contributed by atoms with van der Waals surface area (Å²) >= 11 is 3.39. The minimum Gasteiger partial charge on any atom is -0.481 e. The summed E-state index contributed by atoms with van der Waals surface area (Å²) < 4.78 is 0.955. The number of carboxylic acids is 1. The number of aliphatic carboxylic acids is 1. The van der Waals surface area contributed by atoms with Crippen LogP contribution in [0.5, 0.6) is 0 Å². The van der Waals surface area contributed by atoms with E-state index in [0.717, 1.165) is 29.3 Å². The fraction of sp³-hybridized carbons (Fsp3) is 0.500. The molecule has 0 aromatic heterocycles. The van der Waals surface area contributed by atoms with Crippen LogP contribution in [0.1, 0.15) is 24.8 Å². The number of halogens is 1. The highest BCUT2D eigenvalue weighted by Crippen LogP contribution is 2.34. The predicted molar refractivity (Wildman–Crippen MR) is 72.3 cm³/mol. The third-order valence-electron chi connectivity index (χ3n) is 3.71. The highest BCUT2D eigenvalue weighted by atomic mass is 79.9. The maximum absolute atomic E-state index is 11.4. The monoisotopic (exact) mass is 312 g/mol. The van der Waals surface area contributed by atoms with E-state index in [-0.39, 0.29) is 5.92 Å². The van der Waals surface area contributed by atoms with Crippen LogP contribution in [-0.2, 0) is 11.2 Å². The lowest BCUT2D eigenvalue weighted by atomic mass is 9.84. The Morgan fingerprint density at radius 3 is 2.78 bits per heavy atom. The zero-order valence-corrected chi connectivity index (χ0v) is 11.6. The summed E-state index contributed by atoms with van der Waals surface area (Å²) in [5.41, 5.74) is 0.996. The number of carboxylic acid groups (broad SMARTS) is 1. The fourth-order valence-corrected chi connectivity index (χ4v) is 3.22. The number of hydrogen-bond donors (Lipinski definition) is 2. The van der Waals surface area contributed by atoms with Crippen molar-refractivity contribution in [2.45, 2.75) is 31.8 Å². The van der Waals surface area contributed by atoms with Crippen molar-refractivity contribution in [1.82, 2.24) is 0 Å². The first kappa shape index (κ1) is 13.6. The van der Waals surface area contributed by atoms with Gasteiger partial charge in [-0.05, 0) is 42.9 Å². The fourth-order valence-electron chi connectivity index (χ4n) is 2.78. The highest BCUT2D eigenvalue weighted by molar-refractivity contribution is 9.10. The van der Waals surface area contributed by atoms with Gasteiger partial charge >= 0.3 is 5.97 Å². The van der Waals surface area contributed by atoms with Crippen molar-refractivity contribution in [2.75, 3.05) is 0 Å². The molecule has 2 N–H and O–H groups in total. The molecule has 1 aliphatic rings. The third kappa shape index (κ3) is 3.12. The molecule has 1 aliphatic carbocycles. The highest BCUT2D eigenvalue weighted by Gasteiger charge is 2.36. The van der Waals surface area contributed by atoms with Gasteiger partial charge in [0, 0.05) is 4.47 Å². The Hall–Kier alpha value is -0.870. The molecule has 0 bridgehead atoms. The van der Waals surface area contributed by atoms with Crippen molar-refractivity contribution in [1.29, 1.82) is 0 Å².